The van der Waals surface area contributed by atoms with Gasteiger partial charge in [-0.3, -0.25) is 9.59 Å². The van der Waals surface area contributed by atoms with E-state index < -0.39 is 0 Å². The molecule has 0 fully saturated rings. The summed E-state index contributed by atoms with van der Waals surface area (Å²) in [5.41, 5.74) is 12.8. The van der Waals surface area contributed by atoms with Crippen LogP contribution in [-0.2, 0) is 22.4 Å². The molecule has 284 valence electrons. The maximum absolute atomic E-state index is 12.6. The van der Waals surface area contributed by atoms with Gasteiger partial charge in [-0.2, -0.15) is 0 Å². The second-order valence-electron chi connectivity index (χ2n) is 13.4. The lowest BCUT2D eigenvalue weighted by Gasteiger charge is -2.09. The molecule has 2 aliphatic heterocycles. The normalized spacial score (nSPS) is 14.4. The number of methoxy groups -OCH3 is 2. The van der Waals surface area contributed by atoms with E-state index in [2.05, 4.69) is 34.4 Å². The fourth-order valence-corrected chi connectivity index (χ4v) is 6.89. The van der Waals surface area contributed by atoms with Gasteiger partial charge in [0, 0.05) is 23.5 Å². The van der Waals surface area contributed by atoms with Crippen LogP contribution in [0, 0.1) is 13.8 Å². The van der Waals surface area contributed by atoms with Crippen molar-refractivity contribution in [2.45, 2.75) is 73.6 Å². The highest BCUT2D eigenvalue weighted by atomic mass is 16.5. The van der Waals surface area contributed by atoms with Gasteiger partial charge >= 0.3 is 0 Å². The Morgan fingerprint density at radius 3 is 1.56 bits per heavy atom. The molecule has 4 aromatic heterocycles. The molecule has 0 saturated carbocycles. The number of aromatic nitrogens is 6. The first-order valence-corrected chi connectivity index (χ1v) is 18.3. The Bertz CT molecular complexity index is 2470. The van der Waals surface area contributed by atoms with Crippen molar-refractivity contribution in [2.75, 3.05) is 24.9 Å². The van der Waals surface area contributed by atoms with Crippen LogP contribution in [0.1, 0.15) is 92.2 Å². The Balaban J connectivity index is 0.000000184. The van der Waals surface area contributed by atoms with Gasteiger partial charge in [0.1, 0.15) is 11.5 Å². The molecule has 0 radical (unpaired) electrons. The van der Waals surface area contributed by atoms with Gasteiger partial charge in [-0.05, 0) is 88.1 Å². The Kier molecular flexibility index (Phi) is 11.4. The number of hydrogen-bond acceptors (Lipinski definition) is 8. The van der Waals surface area contributed by atoms with Crippen molar-refractivity contribution in [1.82, 2.24) is 29.9 Å². The second kappa shape index (κ2) is 16.4. The molecule has 8 rings (SSSR count). The van der Waals surface area contributed by atoms with E-state index in [-0.39, 0.29) is 19.2 Å². The van der Waals surface area contributed by atoms with Gasteiger partial charge in [-0.15, -0.1) is 0 Å². The summed E-state index contributed by atoms with van der Waals surface area (Å²) < 4.78 is 10.7. The number of nitrogens with zero attached hydrogens (tertiary/aromatic N) is 4. The lowest BCUT2D eigenvalue weighted by Crippen LogP contribution is -2.03. The van der Waals surface area contributed by atoms with Crippen LogP contribution in [0.2, 0.25) is 0 Å². The van der Waals surface area contributed by atoms with E-state index in [9.17, 15) is 9.59 Å². The van der Waals surface area contributed by atoms with Gasteiger partial charge in [0.05, 0.1) is 93.0 Å². The highest BCUT2D eigenvalue weighted by Gasteiger charge is 2.30. The smallest absolute Gasteiger partial charge is 0.256 e. The molecule has 55 heavy (non-hydrogen) atoms. The number of carbonyl (C=O) groups is 2. The van der Waals surface area contributed by atoms with E-state index in [1.807, 2.05) is 56.3 Å². The molecule has 2 amide bonds. The fourth-order valence-electron chi connectivity index (χ4n) is 6.89. The van der Waals surface area contributed by atoms with Crippen LogP contribution in [0.15, 0.2) is 48.8 Å². The fraction of sp³-hybridized carbons (Fsp3) is 0.302. The number of anilines is 2. The minimum Gasteiger partial charge on any atom is -0.495 e. The first-order valence-electron chi connectivity index (χ1n) is 18.3. The topological polar surface area (TPSA) is 160 Å². The molecule has 12 heteroatoms. The summed E-state index contributed by atoms with van der Waals surface area (Å²) in [6.45, 7) is 8.31. The van der Waals surface area contributed by atoms with Gasteiger partial charge < -0.3 is 30.1 Å². The summed E-state index contributed by atoms with van der Waals surface area (Å²) in [7, 11) is 3.22. The highest BCUT2D eigenvalue weighted by Crippen LogP contribution is 2.40. The van der Waals surface area contributed by atoms with Crippen LogP contribution < -0.4 is 20.1 Å². The number of rotatable bonds is 10. The maximum Gasteiger partial charge on any atom is 0.256 e. The van der Waals surface area contributed by atoms with Crippen LogP contribution in [0.3, 0.4) is 0 Å². The number of ether oxygens (including phenoxy) is 2. The monoisotopic (exact) mass is 740 g/mol. The lowest BCUT2D eigenvalue weighted by atomic mass is 10.0. The number of carbonyl (C=O) groups excluding carboxylic acids is 2. The minimum absolute atomic E-state index is 0. The van der Waals surface area contributed by atoms with Crippen molar-refractivity contribution >= 4 is 68.6 Å². The van der Waals surface area contributed by atoms with Gasteiger partial charge in [0.15, 0.2) is 0 Å². The van der Waals surface area contributed by atoms with Crippen LogP contribution in [0.25, 0.3) is 45.4 Å². The summed E-state index contributed by atoms with van der Waals surface area (Å²) in [6, 6.07) is 11.3. The molecular formula is C43H48N8O4. The van der Waals surface area contributed by atoms with Crippen LogP contribution in [-0.4, -0.2) is 55.9 Å². The zero-order valence-corrected chi connectivity index (χ0v) is 31.4. The molecule has 2 aromatic carbocycles. The summed E-state index contributed by atoms with van der Waals surface area (Å²) in [4.78, 5) is 50.8. The lowest BCUT2D eigenvalue weighted by molar-refractivity contribution is -0.111. The SMILES string of the molecule is C.CCCCc1nc2c3c(ccc2nc1C)NC(=O)/C3=C\c1[nH]ccc1OC.CCCCc1nc2ccc3c(c2nc1C)/C(=C/c1[nH]ccc1OC)C(=O)N3. The van der Waals surface area contributed by atoms with Crippen LogP contribution in [0.5, 0.6) is 11.5 Å². The molecule has 0 saturated heterocycles. The zero-order valence-electron chi connectivity index (χ0n) is 31.4. The molecule has 0 bridgehead atoms. The van der Waals surface area contributed by atoms with Crippen molar-refractivity contribution in [1.29, 1.82) is 0 Å². The number of fused-ring (bicyclic) bond motifs is 6. The third kappa shape index (κ3) is 7.44. The number of H-pyrrole nitrogens is 2. The molecule has 6 heterocycles. The highest BCUT2D eigenvalue weighted by molar-refractivity contribution is 6.38. The van der Waals surface area contributed by atoms with Crippen molar-refractivity contribution in [3.8, 4) is 11.5 Å². The van der Waals surface area contributed by atoms with E-state index >= 15 is 0 Å². The molecule has 0 aliphatic carbocycles. The average Bonchev–Trinajstić information content (AvgIpc) is 3.96. The van der Waals surface area contributed by atoms with Crippen molar-refractivity contribution < 1.29 is 19.1 Å². The quantitative estimate of drug-likeness (QED) is 0.101. The molecule has 0 atom stereocenters. The predicted octanol–water partition coefficient (Wildman–Crippen LogP) is 8.86. The van der Waals surface area contributed by atoms with Crippen molar-refractivity contribution in [2.24, 2.45) is 0 Å². The van der Waals surface area contributed by atoms with E-state index in [1.54, 1.807) is 32.7 Å². The molecule has 12 nitrogen and oxygen atoms in total. The summed E-state index contributed by atoms with van der Waals surface area (Å²) in [6.07, 6.45) is 13.4. The third-order valence-electron chi connectivity index (χ3n) is 9.77. The third-order valence-corrected chi connectivity index (χ3v) is 9.77. The van der Waals surface area contributed by atoms with Gasteiger partial charge in [0.2, 0.25) is 0 Å². The number of aryl methyl sites for hydroxylation is 4. The number of amides is 2. The van der Waals surface area contributed by atoms with Gasteiger partial charge in [0.25, 0.3) is 11.8 Å². The van der Waals surface area contributed by atoms with E-state index in [4.69, 9.17) is 29.4 Å². The van der Waals surface area contributed by atoms with E-state index in [0.29, 0.717) is 22.6 Å². The standard InChI is InChI=1S/2C21H22N4O2.CH4/c1-4-5-6-14-12(2)23-20-16(24-14)8-7-15-19(20)13(21(26)25-15)11-17-18(27-3)9-10-22-17;1-4-5-6-14-12(2)23-16-8-7-15-19(20(16)24-14)13(21(26)25-15)11-17-18(27-3)9-10-22-17;/h2*7-11,22H,4-6H2,1-3H3,(H,25,26);1H4/b2*13-11-;. The number of unbranched alkanes of at least 4 members (excludes halogenated alkanes) is 2. The first kappa shape index (κ1) is 38.4. The summed E-state index contributed by atoms with van der Waals surface area (Å²) in [5, 5.41) is 5.87. The molecule has 4 N–H and O–H groups in total. The maximum atomic E-state index is 12.6. The molecule has 2 aliphatic rings. The number of aromatic amines is 2. The minimum atomic E-state index is -0.149. The predicted molar refractivity (Wildman–Crippen MR) is 220 cm³/mol. The summed E-state index contributed by atoms with van der Waals surface area (Å²) in [5.74, 6) is 1.08. The average molecular weight is 741 g/mol. The number of benzene rings is 2. The second-order valence-corrected chi connectivity index (χ2v) is 13.4. The van der Waals surface area contributed by atoms with Gasteiger partial charge in [-0.1, -0.05) is 34.1 Å². The van der Waals surface area contributed by atoms with E-state index in [1.165, 1.54) is 0 Å². The molecule has 0 spiro atoms. The molecule has 6 aromatic rings. The zero-order chi connectivity index (χ0) is 37.9. The Morgan fingerprint density at radius 2 is 1.07 bits per heavy atom. The Morgan fingerprint density at radius 1 is 0.618 bits per heavy atom. The van der Waals surface area contributed by atoms with Crippen molar-refractivity contribution in [3.05, 3.63) is 94.1 Å². The first-order chi connectivity index (χ1) is 26.2. The Hall–Kier alpha value is -6.30. The number of hydrogen-bond donors (Lipinski definition) is 4. The van der Waals surface area contributed by atoms with Crippen LogP contribution in [0.4, 0.5) is 11.4 Å². The van der Waals surface area contributed by atoms with Gasteiger partial charge in [-0.25, -0.2) is 19.9 Å². The summed E-state index contributed by atoms with van der Waals surface area (Å²) >= 11 is 0. The molecule has 0 unspecified atom stereocenters. The van der Waals surface area contributed by atoms with E-state index in [0.717, 1.165) is 117 Å². The van der Waals surface area contributed by atoms with Crippen LogP contribution >= 0.6 is 0 Å². The molecular weight excluding hydrogens is 693 g/mol. The number of nitrogens with one attached hydrogen (secondary N) is 4. The largest absolute Gasteiger partial charge is 0.495 e. The van der Waals surface area contributed by atoms with Crippen molar-refractivity contribution in [3.63, 3.8) is 0 Å². The Labute approximate surface area is 320 Å².